The van der Waals surface area contributed by atoms with Gasteiger partial charge in [-0.2, -0.15) is 4.98 Å². The van der Waals surface area contributed by atoms with Gasteiger partial charge in [-0.3, -0.25) is 0 Å². The summed E-state index contributed by atoms with van der Waals surface area (Å²) in [6.07, 6.45) is 2.97. The van der Waals surface area contributed by atoms with E-state index >= 15 is 0 Å². The molecule has 1 aliphatic carbocycles. The molecule has 0 radical (unpaired) electrons. The Kier molecular flexibility index (Phi) is 3.27. The quantitative estimate of drug-likeness (QED) is 0.754. The van der Waals surface area contributed by atoms with Crippen molar-refractivity contribution in [2.45, 2.75) is 25.9 Å². The largest absolute Gasteiger partial charge is 0.388 e. The first-order chi connectivity index (χ1) is 11.2. The maximum Gasteiger partial charge on any atom is 0.263 e. The smallest absolute Gasteiger partial charge is 0.263 e. The summed E-state index contributed by atoms with van der Waals surface area (Å²) in [6, 6.07) is 9.81. The molecule has 1 aliphatic rings. The van der Waals surface area contributed by atoms with E-state index in [0.29, 0.717) is 18.1 Å². The average molecular weight is 310 g/mol. The summed E-state index contributed by atoms with van der Waals surface area (Å²) in [7, 11) is 0. The molecule has 0 spiro atoms. The number of anilines is 1. The van der Waals surface area contributed by atoms with Gasteiger partial charge < -0.3 is 14.9 Å². The topological polar surface area (TPSA) is 84.1 Å². The monoisotopic (exact) mass is 310 g/mol. The second-order valence-electron chi connectivity index (χ2n) is 6.20. The Morgan fingerprint density at radius 2 is 2.04 bits per heavy atom. The van der Waals surface area contributed by atoms with Gasteiger partial charge in [-0.1, -0.05) is 35.5 Å². The molecule has 2 aromatic heterocycles. The third-order valence-electron chi connectivity index (χ3n) is 4.64. The molecule has 2 N–H and O–H groups in total. The van der Waals surface area contributed by atoms with E-state index in [1.807, 2.05) is 37.3 Å². The van der Waals surface area contributed by atoms with Gasteiger partial charge in [-0.25, -0.2) is 4.98 Å². The van der Waals surface area contributed by atoms with Crippen LogP contribution in [0.5, 0.6) is 0 Å². The van der Waals surface area contributed by atoms with Crippen molar-refractivity contribution < 1.29 is 9.63 Å². The number of aromatic nitrogens is 3. The highest BCUT2D eigenvalue weighted by atomic mass is 16.5. The number of hydrogen-bond donors (Lipinski definition) is 2. The van der Waals surface area contributed by atoms with Crippen LogP contribution in [0, 0.1) is 12.3 Å². The lowest BCUT2D eigenvalue weighted by molar-refractivity contribution is 0.0999. The zero-order valence-electron chi connectivity index (χ0n) is 12.9. The molecule has 6 heteroatoms. The van der Waals surface area contributed by atoms with Gasteiger partial charge in [0.15, 0.2) is 0 Å². The molecule has 118 valence electrons. The van der Waals surface area contributed by atoms with E-state index < -0.39 is 6.10 Å². The van der Waals surface area contributed by atoms with Crippen molar-refractivity contribution in [3.63, 3.8) is 0 Å². The number of aliphatic hydroxyl groups excluding tert-OH is 1. The molecule has 2 heterocycles. The van der Waals surface area contributed by atoms with Gasteiger partial charge in [0.2, 0.25) is 0 Å². The highest BCUT2D eigenvalue weighted by Crippen LogP contribution is 2.54. The van der Waals surface area contributed by atoms with Crippen LogP contribution in [0.3, 0.4) is 0 Å². The van der Waals surface area contributed by atoms with Crippen molar-refractivity contribution in [3.8, 4) is 0 Å². The standard InChI is InChI=1S/C17H18N4O2/c1-11-13-15(19-10-20-16(13)23-21-11)18-9-17(7-8-17)14(22)12-5-3-2-4-6-12/h2-6,10,14,22H,7-9H2,1H3,(H,18,19,20). The Morgan fingerprint density at radius 3 is 2.78 bits per heavy atom. The van der Waals surface area contributed by atoms with Gasteiger partial charge in [-0.15, -0.1) is 0 Å². The molecular formula is C17H18N4O2. The van der Waals surface area contributed by atoms with E-state index in [1.54, 1.807) is 0 Å². The summed E-state index contributed by atoms with van der Waals surface area (Å²) in [5.74, 6) is 0.709. The molecule has 6 nitrogen and oxygen atoms in total. The highest BCUT2D eigenvalue weighted by molar-refractivity contribution is 5.87. The van der Waals surface area contributed by atoms with Gasteiger partial charge in [0, 0.05) is 12.0 Å². The molecule has 1 saturated carbocycles. The summed E-state index contributed by atoms with van der Waals surface area (Å²) in [6.45, 7) is 2.52. The Bertz CT molecular complexity index is 827. The predicted molar refractivity (Wildman–Crippen MR) is 85.9 cm³/mol. The summed E-state index contributed by atoms with van der Waals surface area (Å²) in [4.78, 5) is 8.37. The van der Waals surface area contributed by atoms with Crippen LogP contribution >= 0.6 is 0 Å². The first-order valence-electron chi connectivity index (χ1n) is 7.73. The van der Waals surface area contributed by atoms with Crippen molar-refractivity contribution in [2.24, 2.45) is 5.41 Å². The molecule has 0 bridgehead atoms. The number of nitrogens with zero attached hydrogens (tertiary/aromatic N) is 3. The van der Waals surface area contributed by atoms with Crippen molar-refractivity contribution in [2.75, 3.05) is 11.9 Å². The van der Waals surface area contributed by atoms with Crippen molar-refractivity contribution in [1.82, 2.24) is 15.1 Å². The lowest BCUT2D eigenvalue weighted by Gasteiger charge is -2.23. The van der Waals surface area contributed by atoms with E-state index in [2.05, 4.69) is 20.4 Å². The Labute approximate surface area is 133 Å². The molecule has 4 rings (SSSR count). The van der Waals surface area contributed by atoms with Gasteiger partial charge in [0.1, 0.15) is 17.5 Å². The SMILES string of the molecule is Cc1noc2ncnc(NCC3(C(O)c4ccccc4)CC3)c12. The first kappa shape index (κ1) is 14.1. The number of aliphatic hydroxyl groups is 1. The van der Waals surface area contributed by atoms with Crippen LogP contribution in [0.15, 0.2) is 41.2 Å². The van der Waals surface area contributed by atoms with E-state index in [-0.39, 0.29) is 5.41 Å². The minimum Gasteiger partial charge on any atom is -0.388 e. The normalized spacial score (nSPS) is 17.1. The van der Waals surface area contributed by atoms with Crippen LogP contribution in [0.25, 0.3) is 11.1 Å². The van der Waals surface area contributed by atoms with Crippen LogP contribution in [-0.4, -0.2) is 26.8 Å². The van der Waals surface area contributed by atoms with Crippen LogP contribution in [0.1, 0.15) is 30.2 Å². The van der Waals surface area contributed by atoms with E-state index in [4.69, 9.17) is 4.52 Å². The second kappa shape index (κ2) is 5.31. The number of nitrogens with one attached hydrogen (secondary N) is 1. The minimum absolute atomic E-state index is 0.135. The minimum atomic E-state index is -0.475. The zero-order chi connectivity index (χ0) is 15.9. The third kappa shape index (κ3) is 2.45. The summed E-state index contributed by atoms with van der Waals surface area (Å²) < 4.78 is 5.16. The molecule has 3 aromatic rings. The Morgan fingerprint density at radius 1 is 1.26 bits per heavy atom. The predicted octanol–water partition coefficient (Wildman–Crippen LogP) is 2.85. The second-order valence-corrected chi connectivity index (χ2v) is 6.20. The highest BCUT2D eigenvalue weighted by Gasteiger charge is 2.49. The molecule has 0 saturated heterocycles. The number of fused-ring (bicyclic) bond motifs is 1. The summed E-state index contributed by atoms with van der Waals surface area (Å²) in [5.41, 5.74) is 2.06. The summed E-state index contributed by atoms with van der Waals surface area (Å²) in [5, 5.41) is 18.8. The fourth-order valence-corrected chi connectivity index (χ4v) is 3.01. The Hall–Kier alpha value is -2.47. The van der Waals surface area contributed by atoms with Gasteiger partial charge in [0.05, 0.1) is 11.8 Å². The number of aryl methyl sites for hydroxylation is 1. The number of rotatable bonds is 5. The zero-order valence-corrected chi connectivity index (χ0v) is 12.9. The molecular weight excluding hydrogens is 292 g/mol. The van der Waals surface area contributed by atoms with E-state index in [1.165, 1.54) is 6.33 Å². The molecule has 0 amide bonds. The molecule has 1 fully saturated rings. The molecule has 0 aliphatic heterocycles. The van der Waals surface area contributed by atoms with Crippen molar-refractivity contribution in [3.05, 3.63) is 47.9 Å². The van der Waals surface area contributed by atoms with Crippen LogP contribution in [-0.2, 0) is 0 Å². The van der Waals surface area contributed by atoms with Crippen LogP contribution in [0.2, 0.25) is 0 Å². The maximum atomic E-state index is 10.7. The maximum absolute atomic E-state index is 10.7. The van der Waals surface area contributed by atoms with E-state index in [9.17, 15) is 5.11 Å². The lowest BCUT2D eigenvalue weighted by Crippen LogP contribution is -2.23. The Balaban J connectivity index is 1.55. The van der Waals surface area contributed by atoms with Crippen molar-refractivity contribution in [1.29, 1.82) is 0 Å². The van der Waals surface area contributed by atoms with Crippen LogP contribution < -0.4 is 5.32 Å². The fourth-order valence-electron chi connectivity index (χ4n) is 3.01. The third-order valence-corrected chi connectivity index (χ3v) is 4.64. The van der Waals surface area contributed by atoms with Gasteiger partial charge in [0.25, 0.3) is 5.71 Å². The average Bonchev–Trinajstić information content (AvgIpc) is 3.30. The molecule has 1 atom stereocenters. The number of benzene rings is 1. The first-order valence-corrected chi connectivity index (χ1v) is 7.73. The van der Waals surface area contributed by atoms with E-state index in [0.717, 1.165) is 29.5 Å². The fraction of sp³-hybridized carbons (Fsp3) is 0.353. The lowest BCUT2D eigenvalue weighted by atomic mass is 9.92. The number of hydrogen-bond acceptors (Lipinski definition) is 6. The van der Waals surface area contributed by atoms with Gasteiger partial charge >= 0.3 is 0 Å². The van der Waals surface area contributed by atoms with Crippen LogP contribution in [0.4, 0.5) is 5.82 Å². The molecule has 1 unspecified atom stereocenters. The molecule has 1 aromatic carbocycles. The van der Waals surface area contributed by atoms with Crippen molar-refractivity contribution >= 4 is 16.9 Å². The summed E-state index contributed by atoms with van der Waals surface area (Å²) >= 11 is 0. The molecule has 23 heavy (non-hydrogen) atoms. The van der Waals surface area contributed by atoms with Gasteiger partial charge in [-0.05, 0) is 25.3 Å².